The van der Waals surface area contributed by atoms with Crippen molar-refractivity contribution in [1.29, 1.82) is 5.26 Å². The molecule has 1 heterocycles. The molecule has 0 radical (unpaired) electrons. The second kappa shape index (κ2) is 5.43. The van der Waals surface area contributed by atoms with Gasteiger partial charge in [0.25, 0.3) is 0 Å². The number of rotatable bonds is 3. The normalized spacial score (nSPS) is 9.83. The zero-order valence-corrected chi connectivity index (χ0v) is 9.86. The van der Waals surface area contributed by atoms with Gasteiger partial charge in [-0.1, -0.05) is 17.7 Å². The molecule has 4 nitrogen and oxygen atoms in total. The summed E-state index contributed by atoms with van der Waals surface area (Å²) in [7, 11) is 0. The van der Waals surface area contributed by atoms with Crippen LogP contribution in [0.4, 0.5) is 4.39 Å². The minimum atomic E-state index is -0.601. The molecule has 0 amide bonds. The molecule has 0 fully saturated rings. The van der Waals surface area contributed by atoms with Gasteiger partial charge in [-0.2, -0.15) is 5.26 Å². The van der Waals surface area contributed by atoms with Gasteiger partial charge < -0.3 is 4.74 Å². The monoisotopic (exact) mass is 263 g/mol. The summed E-state index contributed by atoms with van der Waals surface area (Å²) in [6, 6.07) is 7.50. The smallest absolute Gasteiger partial charge is 0.173 e. The van der Waals surface area contributed by atoms with E-state index in [1.807, 2.05) is 6.07 Å². The Kier molecular flexibility index (Phi) is 3.70. The second-order valence-corrected chi connectivity index (χ2v) is 3.70. The Labute approximate surface area is 108 Å². The van der Waals surface area contributed by atoms with Crippen molar-refractivity contribution in [2.75, 3.05) is 0 Å². The van der Waals surface area contributed by atoms with Crippen molar-refractivity contribution in [2.45, 2.75) is 6.61 Å². The molecule has 0 N–H and O–H groups in total. The van der Waals surface area contributed by atoms with Gasteiger partial charge in [-0.25, -0.2) is 14.4 Å². The summed E-state index contributed by atoms with van der Waals surface area (Å²) in [5, 5.41) is 9.11. The fourth-order valence-electron chi connectivity index (χ4n) is 1.32. The van der Waals surface area contributed by atoms with Gasteiger partial charge in [0.15, 0.2) is 17.4 Å². The highest BCUT2D eigenvalue weighted by Crippen LogP contribution is 2.22. The first-order chi connectivity index (χ1) is 8.70. The van der Waals surface area contributed by atoms with Gasteiger partial charge in [0.1, 0.15) is 17.8 Å². The standard InChI is InChI=1S/C12H7ClFN3O/c13-10-4-5-16-11(17-10)7-18-12-8(6-15)2-1-3-9(12)14/h1-5H,7H2. The Morgan fingerprint density at radius 3 is 2.94 bits per heavy atom. The first kappa shape index (κ1) is 12.3. The topological polar surface area (TPSA) is 58.8 Å². The molecule has 2 aromatic rings. The van der Waals surface area contributed by atoms with E-state index in [4.69, 9.17) is 21.6 Å². The fourth-order valence-corrected chi connectivity index (χ4v) is 1.48. The molecule has 90 valence electrons. The number of ether oxygens (including phenoxy) is 1. The molecule has 0 aliphatic heterocycles. The number of aromatic nitrogens is 2. The highest BCUT2D eigenvalue weighted by Gasteiger charge is 2.10. The Morgan fingerprint density at radius 2 is 2.22 bits per heavy atom. The second-order valence-electron chi connectivity index (χ2n) is 3.31. The number of para-hydroxylation sites is 1. The van der Waals surface area contributed by atoms with Crippen LogP contribution in [0.15, 0.2) is 30.5 Å². The van der Waals surface area contributed by atoms with E-state index in [1.54, 1.807) is 0 Å². The van der Waals surface area contributed by atoms with E-state index >= 15 is 0 Å². The summed E-state index contributed by atoms with van der Waals surface area (Å²) in [6.07, 6.45) is 1.47. The molecule has 6 heteroatoms. The molecular formula is C12H7ClFN3O. The third kappa shape index (κ3) is 2.73. The molecule has 2 rings (SSSR count). The average Bonchev–Trinajstić information content (AvgIpc) is 2.37. The molecule has 0 saturated heterocycles. The molecule has 0 atom stereocenters. The van der Waals surface area contributed by atoms with Crippen LogP contribution >= 0.6 is 11.6 Å². The van der Waals surface area contributed by atoms with E-state index in [2.05, 4.69) is 9.97 Å². The number of nitriles is 1. The van der Waals surface area contributed by atoms with Gasteiger partial charge in [-0.3, -0.25) is 0 Å². The van der Waals surface area contributed by atoms with Crippen molar-refractivity contribution in [2.24, 2.45) is 0 Å². The van der Waals surface area contributed by atoms with Crippen LogP contribution in [-0.2, 0) is 6.61 Å². The fraction of sp³-hybridized carbons (Fsp3) is 0.0833. The Morgan fingerprint density at radius 1 is 1.39 bits per heavy atom. The first-order valence-electron chi connectivity index (χ1n) is 4.99. The maximum atomic E-state index is 13.5. The predicted molar refractivity (Wildman–Crippen MR) is 62.5 cm³/mol. The van der Waals surface area contributed by atoms with E-state index in [9.17, 15) is 4.39 Å². The van der Waals surface area contributed by atoms with Gasteiger partial charge in [-0.15, -0.1) is 0 Å². The number of hydrogen-bond donors (Lipinski definition) is 0. The Bertz CT molecular complexity index is 613. The summed E-state index contributed by atoms with van der Waals surface area (Å²) in [4.78, 5) is 7.81. The third-order valence-corrected chi connectivity index (χ3v) is 2.32. The molecule has 1 aromatic carbocycles. The molecule has 18 heavy (non-hydrogen) atoms. The lowest BCUT2D eigenvalue weighted by Gasteiger charge is -2.07. The highest BCUT2D eigenvalue weighted by molar-refractivity contribution is 6.29. The SMILES string of the molecule is N#Cc1cccc(F)c1OCc1nccc(Cl)n1. The highest BCUT2D eigenvalue weighted by atomic mass is 35.5. The van der Waals surface area contributed by atoms with Crippen molar-refractivity contribution in [3.05, 3.63) is 52.8 Å². The van der Waals surface area contributed by atoms with Crippen LogP contribution in [0.25, 0.3) is 0 Å². The molecule has 0 spiro atoms. The lowest BCUT2D eigenvalue weighted by atomic mass is 10.2. The number of halogens is 2. The van der Waals surface area contributed by atoms with Gasteiger partial charge in [-0.05, 0) is 18.2 Å². The number of hydrogen-bond acceptors (Lipinski definition) is 4. The van der Waals surface area contributed by atoms with Gasteiger partial charge in [0, 0.05) is 6.20 Å². The molecule has 0 bridgehead atoms. The molecule has 1 aromatic heterocycles. The summed E-state index contributed by atoms with van der Waals surface area (Å²) < 4.78 is 18.7. The average molecular weight is 264 g/mol. The van der Waals surface area contributed by atoms with Gasteiger partial charge in [0.2, 0.25) is 0 Å². The van der Waals surface area contributed by atoms with Crippen LogP contribution in [0.1, 0.15) is 11.4 Å². The molecule has 0 saturated carbocycles. The van der Waals surface area contributed by atoms with Gasteiger partial charge in [0.05, 0.1) is 5.56 Å². The summed E-state index contributed by atoms with van der Waals surface area (Å²) in [5.74, 6) is -0.394. The van der Waals surface area contributed by atoms with Crippen molar-refractivity contribution in [1.82, 2.24) is 9.97 Å². The molecule has 0 unspecified atom stereocenters. The van der Waals surface area contributed by atoms with Crippen LogP contribution < -0.4 is 4.74 Å². The van der Waals surface area contributed by atoms with Crippen LogP contribution in [0.5, 0.6) is 5.75 Å². The largest absolute Gasteiger partial charge is 0.481 e. The maximum absolute atomic E-state index is 13.5. The maximum Gasteiger partial charge on any atom is 0.173 e. The van der Waals surface area contributed by atoms with Crippen molar-refractivity contribution < 1.29 is 9.13 Å². The van der Waals surface area contributed by atoms with E-state index in [0.717, 1.165) is 0 Å². The lowest BCUT2D eigenvalue weighted by Crippen LogP contribution is -2.03. The predicted octanol–water partition coefficient (Wildman–Crippen LogP) is 2.72. The summed E-state index contributed by atoms with van der Waals surface area (Å²) in [5.41, 5.74) is 0.122. The van der Waals surface area contributed by atoms with Crippen molar-refractivity contribution in [3.63, 3.8) is 0 Å². The zero-order valence-electron chi connectivity index (χ0n) is 9.10. The van der Waals surface area contributed by atoms with Gasteiger partial charge >= 0.3 is 0 Å². The molecule has 0 aliphatic carbocycles. The van der Waals surface area contributed by atoms with E-state index in [-0.39, 0.29) is 23.1 Å². The quantitative estimate of drug-likeness (QED) is 0.799. The summed E-state index contributed by atoms with van der Waals surface area (Å²) in [6.45, 7) is -0.0594. The number of benzene rings is 1. The van der Waals surface area contributed by atoms with Crippen molar-refractivity contribution >= 4 is 11.6 Å². The Balaban J connectivity index is 2.18. The zero-order chi connectivity index (χ0) is 13.0. The third-order valence-electron chi connectivity index (χ3n) is 2.10. The van der Waals surface area contributed by atoms with Crippen LogP contribution in [0.3, 0.4) is 0 Å². The molecule has 0 aliphatic rings. The number of nitrogens with zero attached hydrogens (tertiary/aromatic N) is 3. The van der Waals surface area contributed by atoms with E-state index < -0.39 is 5.82 Å². The van der Waals surface area contributed by atoms with E-state index in [0.29, 0.717) is 5.82 Å². The lowest BCUT2D eigenvalue weighted by molar-refractivity contribution is 0.280. The van der Waals surface area contributed by atoms with Crippen LogP contribution in [0.2, 0.25) is 5.15 Å². The molecular weight excluding hydrogens is 257 g/mol. The minimum Gasteiger partial charge on any atom is -0.481 e. The summed E-state index contributed by atoms with van der Waals surface area (Å²) >= 11 is 5.68. The van der Waals surface area contributed by atoms with Crippen molar-refractivity contribution in [3.8, 4) is 11.8 Å². The Hall–Kier alpha value is -2.19. The van der Waals surface area contributed by atoms with Crippen LogP contribution in [-0.4, -0.2) is 9.97 Å². The minimum absolute atomic E-state index is 0.0594. The van der Waals surface area contributed by atoms with E-state index in [1.165, 1.54) is 30.5 Å². The first-order valence-corrected chi connectivity index (χ1v) is 5.37. The van der Waals surface area contributed by atoms with Crippen LogP contribution in [0, 0.1) is 17.1 Å².